The maximum absolute atomic E-state index is 15.6. The molecule has 0 aliphatic carbocycles. The summed E-state index contributed by atoms with van der Waals surface area (Å²) in [6.07, 6.45) is 6.76. The molecule has 0 saturated heterocycles. The summed E-state index contributed by atoms with van der Waals surface area (Å²) in [4.78, 5) is 25.6. The number of anilines is 1. The summed E-state index contributed by atoms with van der Waals surface area (Å²) >= 11 is 1.46. The fraction of sp³-hybridized carbons (Fsp3) is 0.121. The van der Waals surface area contributed by atoms with Crippen LogP contribution in [0.15, 0.2) is 79.4 Å². The molecule has 0 unspecified atom stereocenters. The lowest BCUT2D eigenvalue weighted by Crippen LogP contribution is -2.11. The summed E-state index contributed by atoms with van der Waals surface area (Å²) < 4.78 is 23.7. The highest BCUT2D eigenvalue weighted by Crippen LogP contribution is 2.51. The van der Waals surface area contributed by atoms with Gasteiger partial charge < -0.3 is 15.2 Å². The Kier molecular flexibility index (Phi) is 7.40. The van der Waals surface area contributed by atoms with Crippen molar-refractivity contribution in [2.24, 2.45) is 7.05 Å². The fourth-order valence-electron chi connectivity index (χ4n) is 4.86. The van der Waals surface area contributed by atoms with Crippen molar-refractivity contribution in [1.82, 2.24) is 24.7 Å². The lowest BCUT2D eigenvalue weighted by Gasteiger charge is -2.12. The minimum Gasteiger partial charge on any atom is -0.493 e. The maximum Gasteiger partial charge on any atom is 0.322 e. The maximum atomic E-state index is 15.6. The van der Waals surface area contributed by atoms with E-state index in [0.29, 0.717) is 33.5 Å². The first-order valence-electron chi connectivity index (χ1n) is 13.6. The van der Waals surface area contributed by atoms with Crippen LogP contribution in [0.5, 0.6) is 17.6 Å². The summed E-state index contributed by atoms with van der Waals surface area (Å²) in [7, 11) is 1.82. The van der Waals surface area contributed by atoms with Crippen molar-refractivity contribution in [2.45, 2.75) is 20.8 Å². The van der Waals surface area contributed by atoms with Crippen molar-refractivity contribution < 1.29 is 19.0 Å². The van der Waals surface area contributed by atoms with Crippen LogP contribution in [0.4, 0.5) is 10.1 Å². The third kappa shape index (κ3) is 5.40. The van der Waals surface area contributed by atoms with Gasteiger partial charge in [-0.1, -0.05) is 18.7 Å². The monoisotopic (exact) mass is 606 g/mol. The topological polar surface area (TPSA) is 115 Å². The highest BCUT2D eigenvalue weighted by atomic mass is 32.1. The van der Waals surface area contributed by atoms with E-state index in [-0.39, 0.29) is 23.5 Å². The largest absolute Gasteiger partial charge is 0.493 e. The average molecular weight is 607 g/mol. The van der Waals surface area contributed by atoms with E-state index >= 15 is 4.39 Å². The Balaban J connectivity index is 1.54. The number of nitrogens with one attached hydrogen (secondary N) is 1. The van der Waals surface area contributed by atoms with Crippen LogP contribution in [-0.4, -0.2) is 35.7 Å². The molecular formula is C33H27FN6O3S. The first-order valence-corrected chi connectivity index (χ1v) is 14.4. The van der Waals surface area contributed by atoms with Gasteiger partial charge in [-0.3, -0.25) is 9.48 Å². The van der Waals surface area contributed by atoms with E-state index in [2.05, 4.69) is 31.9 Å². The van der Waals surface area contributed by atoms with Crippen LogP contribution < -0.4 is 10.1 Å². The number of benzene rings is 2. The predicted octanol–water partition coefficient (Wildman–Crippen LogP) is 7.59. The summed E-state index contributed by atoms with van der Waals surface area (Å²) in [6, 6.07) is 11.9. The summed E-state index contributed by atoms with van der Waals surface area (Å²) in [5, 5.41) is 18.8. The van der Waals surface area contributed by atoms with E-state index in [0.717, 1.165) is 31.8 Å². The molecule has 0 spiro atoms. The third-order valence-electron chi connectivity index (χ3n) is 7.02. The van der Waals surface area contributed by atoms with E-state index in [4.69, 9.17) is 4.74 Å². The number of nitrogens with zero attached hydrogens (tertiary/aromatic N) is 5. The molecular weight excluding hydrogens is 579 g/mol. The molecule has 0 aliphatic heterocycles. The number of hydrogen-bond donors (Lipinski definition) is 2. The van der Waals surface area contributed by atoms with Crippen molar-refractivity contribution in [2.75, 3.05) is 5.32 Å². The number of amides is 1. The number of hydrogen-bond acceptors (Lipinski definition) is 8. The second-order valence-corrected chi connectivity index (χ2v) is 11.4. The van der Waals surface area contributed by atoms with Gasteiger partial charge in [0.1, 0.15) is 0 Å². The van der Waals surface area contributed by atoms with Gasteiger partial charge in [0.05, 0.1) is 16.3 Å². The zero-order valence-electron chi connectivity index (χ0n) is 24.3. The van der Waals surface area contributed by atoms with Crippen LogP contribution in [0.2, 0.25) is 0 Å². The molecule has 0 radical (unpaired) electrons. The van der Waals surface area contributed by atoms with Crippen LogP contribution in [0.3, 0.4) is 0 Å². The van der Waals surface area contributed by atoms with Gasteiger partial charge in [-0.15, -0.1) is 11.3 Å². The van der Waals surface area contributed by atoms with Gasteiger partial charge in [0.25, 0.3) is 5.91 Å². The summed E-state index contributed by atoms with van der Waals surface area (Å²) in [5.41, 5.74) is 6.15. The Morgan fingerprint density at radius 2 is 1.89 bits per heavy atom. The molecule has 44 heavy (non-hydrogen) atoms. The van der Waals surface area contributed by atoms with Crippen LogP contribution in [-0.2, 0) is 11.8 Å². The van der Waals surface area contributed by atoms with Gasteiger partial charge in [-0.2, -0.15) is 5.10 Å². The molecule has 4 aromatic heterocycles. The second-order valence-electron chi connectivity index (χ2n) is 10.4. The number of ether oxygens (including phenoxy) is 1. The molecule has 220 valence electrons. The zero-order chi connectivity index (χ0) is 31.1. The standard InChI is InChI=1S/C33H27FN6O3S/c1-17(2)31(41)39-22-7-8-23(18(3)12-22)29-27(20-6-9-26(25(34)13-20)43-33-35-11-10-19(4)38-33)28-30(44-29)24(15-36-32(28)42)21-14-37-40(5)16-21/h6-16H,1H2,2-5H3,(H,36,42)(H,39,41). The smallest absolute Gasteiger partial charge is 0.322 e. The van der Waals surface area contributed by atoms with Gasteiger partial charge in [-0.05, 0) is 67.8 Å². The lowest BCUT2D eigenvalue weighted by molar-refractivity contribution is -0.112. The lowest BCUT2D eigenvalue weighted by atomic mass is 9.96. The molecule has 4 heterocycles. The number of pyridine rings is 1. The van der Waals surface area contributed by atoms with Crippen LogP contribution >= 0.6 is 11.3 Å². The van der Waals surface area contributed by atoms with Crippen LogP contribution in [0, 0.1) is 19.7 Å². The van der Waals surface area contributed by atoms with Gasteiger partial charge in [0.2, 0.25) is 5.88 Å². The molecule has 2 aromatic carbocycles. The molecule has 0 saturated carbocycles. The van der Waals surface area contributed by atoms with E-state index in [1.807, 2.05) is 32.3 Å². The van der Waals surface area contributed by atoms with E-state index in [9.17, 15) is 9.90 Å². The number of carbonyl (C=O) groups is 1. The molecule has 0 bridgehead atoms. The third-order valence-corrected chi connectivity index (χ3v) is 8.28. The van der Waals surface area contributed by atoms with Gasteiger partial charge in [0.15, 0.2) is 11.6 Å². The first kappa shape index (κ1) is 28.7. The molecule has 1 amide bonds. The summed E-state index contributed by atoms with van der Waals surface area (Å²) in [6.45, 7) is 9.06. The second kappa shape index (κ2) is 11.3. The highest BCUT2D eigenvalue weighted by Gasteiger charge is 2.24. The minimum absolute atomic E-state index is 0.0346. The molecule has 0 atom stereocenters. The SMILES string of the molecule is C=C(C)C(=O)Nc1ccc(-c2sc3c(-c4cnn(C)c4)cnc(O)c3c2-c2ccc(Oc3nccc(C)n3)c(F)c2)c(C)c1. The quantitative estimate of drug-likeness (QED) is 0.180. The summed E-state index contributed by atoms with van der Waals surface area (Å²) in [5.74, 6) is -1.11. The van der Waals surface area contributed by atoms with E-state index < -0.39 is 5.82 Å². The molecule has 9 nitrogen and oxygen atoms in total. The Morgan fingerprint density at radius 1 is 1.07 bits per heavy atom. The van der Waals surface area contributed by atoms with Gasteiger partial charge in [0, 0.05) is 64.2 Å². The number of aryl methyl sites for hydroxylation is 3. The fourth-order valence-corrected chi connectivity index (χ4v) is 6.30. The number of aromatic hydroxyl groups is 1. The number of thiophene rings is 1. The van der Waals surface area contributed by atoms with Gasteiger partial charge in [-0.25, -0.2) is 19.3 Å². The zero-order valence-corrected chi connectivity index (χ0v) is 25.2. The molecule has 0 fully saturated rings. The predicted molar refractivity (Wildman–Crippen MR) is 169 cm³/mol. The van der Waals surface area contributed by atoms with Crippen LogP contribution in [0.25, 0.3) is 42.8 Å². The highest BCUT2D eigenvalue weighted by molar-refractivity contribution is 7.23. The normalized spacial score (nSPS) is 11.1. The Morgan fingerprint density at radius 3 is 2.57 bits per heavy atom. The number of aromatic nitrogens is 5. The van der Waals surface area contributed by atoms with Crippen molar-refractivity contribution >= 4 is 33.0 Å². The Hall–Kier alpha value is -5.42. The number of fused-ring (bicyclic) bond motifs is 1. The van der Waals surface area contributed by atoms with Crippen molar-refractivity contribution in [3.8, 4) is 50.3 Å². The first-order chi connectivity index (χ1) is 21.1. The average Bonchev–Trinajstić information content (AvgIpc) is 3.59. The van der Waals surface area contributed by atoms with E-state index in [1.165, 1.54) is 23.5 Å². The van der Waals surface area contributed by atoms with Crippen molar-refractivity contribution in [1.29, 1.82) is 0 Å². The van der Waals surface area contributed by atoms with Crippen molar-refractivity contribution in [3.63, 3.8) is 0 Å². The molecule has 0 aliphatic rings. The Labute approximate surface area is 256 Å². The van der Waals surface area contributed by atoms with Crippen molar-refractivity contribution in [3.05, 3.63) is 96.5 Å². The molecule has 6 rings (SSSR count). The molecule has 2 N–H and O–H groups in total. The van der Waals surface area contributed by atoms with Gasteiger partial charge >= 0.3 is 6.01 Å². The number of carbonyl (C=O) groups excluding carboxylic acids is 1. The molecule has 6 aromatic rings. The van der Waals surface area contributed by atoms with E-state index in [1.54, 1.807) is 55.3 Å². The Bertz CT molecular complexity index is 2100. The van der Waals surface area contributed by atoms with Crippen LogP contribution in [0.1, 0.15) is 18.2 Å². The number of halogens is 1. The molecule has 11 heteroatoms. The minimum atomic E-state index is -0.622. The number of rotatable bonds is 7.